The largest absolute Gasteiger partial charge is 1.00 e. The minimum absolute atomic E-state index is 0. The first-order chi connectivity index (χ1) is 5.99. The van der Waals surface area contributed by atoms with Gasteiger partial charge in [0.1, 0.15) is 0 Å². The molecule has 14 heavy (non-hydrogen) atoms. The van der Waals surface area contributed by atoms with Crippen LogP contribution in [0, 0.1) is 5.92 Å². The topological polar surface area (TPSA) is 69.9 Å². The molecule has 0 spiro atoms. The Bertz CT molecular complexity index is 134. The number of rotatable bonds is 7. The van der Waals surface area contributed by atoms with Gasteiger partial charge in [0.25, 0.3) is 0 Å². The van der Waals surface area contributed by atoms with Crippen molar-refractivity contribution in [3.05, 3.63) is 0 Å². The molecule has 0 aliphatic heterocycles. The molecule has 4 nitrogen and oxygen atoms in total. The summed E-state index contributed by atoms with van der Waals surface area (Å²) < 4.78 is 4.58. The van der Waals surface area contributed by atoms with Crippen LogP contribution in [0.2, 0.25) is 0 Å². The number of unbranched alkanes of at least 4 members (excludes halogenated alkanes) is 1. The Kier molecular flexibility index (Phi) is 11.6. The quantitative estimate of drug-likeness (QED) is 0.434. The van der Waals surface area contributed by atoms with Gasteiger partial charge in [-0.3, -0.25) is 0 Å². The van der Waals surface area contributed by atoms with Gasteiger partial charge in [-0.15, -0.1) is 0 Å². The Balaban J connectivity index is -0.000000720. The minimum Gasteiger partial charge on any atom is -1.00 e. The molecule has 0 radical (unpaired) electrons. The fourth-order valence-corrected chi connectivity index (χ4v) is 1.59. The van der Waals surface area contributed by atoms with E-state index in [0.717, 1.165) is 25.7 Å². The van der Waals surface area contributed by atoms with E-state index in [0.29, 0.717) is 5.92 Å². The maximum atomic E-state index is 8.62. The van der Waals surface area contributed by atoms with Crippen molar-refractivity contribution >= 4 is 9.05 Å². The van der Waals surface area contributed by atoms with Gasteiger partial charge >= 0.3 is 38.6 Å². The fraction of sp³-hybridized carbons (Fsp3) is 1.00. The predicted octanol–water partition coefficient (Wildman–Crippen LogP) is -2.25. The Hall–Kier alpha value is 1.06. The van der Waals surface area contributed by atoms with Crippen molar-refractivity contribution in [3.63, 3.8) is 0 Å². The van der Waals surface area contributed by atoms with Crippen molar-refractivity contribution < 1.29 is 49.8 Å². The van der Waals surface area contributed by atoms with Gasteiger partial charge in [-0.2, -0.15) is 0 Å². The summed E-state index contributed by atoms with van der Waals surface area (Å²) in [5.41, 5.74) is 0. The first-order valence-corrected chi connectivity index (χ1v) is 6.55. The van der Waals surface area contributed by atoms with Gasteiger partial charge in [-0.1, -0.05) is 33.1 Å². The van der Waals surface area contributed by atoms with E-state index in [1.807, 2.05) is 6.92 Å². The molecule has 6 heteroatoms. The van der Waals surface area contributed by atoms with Gasteiger partial charge in [-0.05, 0) is 12.3 Å². The molecule has 1 unspecified atom stereocenters. The second-order valence-electron chi connectivity index (χ2n) is 3.30. The Labute approximate surface area is 111 Å². The molecule has 0 bridgehead atoms. The van der Waals surface area contributed by atoms with Crippen molar-refractivity contribution in [2.75, 3.05) is 6.61 Å². The van der Waals surface area contributed by atoms with E-state index >= 15 is 0 Å². The van der Waals surface area contributed by atoms with Crippen LogP contribution in [0.25, 0.3) is 0 Å². The molecular formula is C8H21NaO4Si. The summed E-state index contributed by atoms with van der Waals surface area (Å²) in [5, 5.41) is 0. The van der Waals surface area contributed by atoms with E-state index < -0.39 is 9.05 Å². The normalized spacial score (nSPS) is 13.5. The van der Waals surface area contributed by atoms with Crippen LogP contribution in [-0.4, -0.2) is 30.0 Å². The number of hydrogen-bond donors (Lipinski definition) is 3. The van der Waals surface area contributed by atoms with Crippen LogP contribution < -0.4 is 29.6 Å². The molecule has 0 saturated carbocycles. The Morgan fingerprint density at radius 2 is 1.86 bits per heavy atom. The van der Waals surface area contributed by atoms with Crippen molar-refractivity contribution in [1.82, 2.24) is 0 Å². The average Bonchev–Trinajstić information content (AvgIpc) is 2.03. The van der Waals surface area contributed by atoms with Crippen molar-refractivity contribution in [2.24, 2.45) is 5.92 Å². The molecule has 0 fully saturated rings. The monoisotopic (exact) mass is 232 g/mol. The minimum atomic E-state index is -4.28. The van der Waals surface area contributed by atoms with E-state index in [1.54, 1.807) is 0 Å². The maximum absolute atomic E-state index is 8.62. The molecule has 0 amide bonds. The van der Waals surface area contributed by atoms with E-state index in [4.69, 9.17) is 14.4 Å². The summed E-state index contributed by atoms with van der Waals surface area (Å²) in [5.74, 6) is 0.318. The summed E-state index contributed by atoms with van der Waals surface area (Å²) in [6.45, 7) is 4.38. The third-order valence-corrected chi connectivity index (χ3v) is 2.61. The average molecular weight is 232 g/mol. The van der Waals surface area contributed by atoms with Gasteiger partial charge in [0.15, 0.2) is 0 Å². The van der Waals surface area contributed by atoms with Crippen molar-refractivity contribution in [2.45, 2.75) is 39.5 Å². The SMILES string of the molecule is CCCCC(CC)CO[Si](O)(O)O.[H-].[Na+]. The summed E-state index contributed by atoms with van der Waals surface area (Å²) in [6, 6.07) is 0. The van der Waals surface area contributed by atoms with Gasteiger partial charge in [0.2, 0.25) is 0 Å². The summed E-state index contributed by atoms with van der Waals surface area (Å²) in [6.07, 6.45) is 4.18. The van der Waals surface area contributed by atoms with Crippen molar-refractivity contribution in [1.29, 1.82) is 0 Å². The van der Waals surface area contributed by atoms with Crippen LogP contribution in [0.1, 0.15) is 41.0 Å². The van der Waals surface area contributed by atoms with Crippen LogP contribution in [0.3, 0.4) is 0 Å². The zero-order valence-corrected chi connectivity index (χ0v) is 12.4. The fourth-order valence-electron chi connectivity index (χ4n) is 1.13. The zero-order chi connectivity index (χ0) is 10.3. The first-order valence-electron chi connectivity index (χ1n) is 4.80. The van der Waals surface area contributed by atoms with Gasteiger partial charge < -0.3 is 20.2 Å². The van der Waals surface area contributed by atoms with Gasteiger partial charge in [0.05, 0.1) is 0 Å². The maximum Gasteiger partial charge on any atom is 1.00 e. The molecule has 3 N–H and O–H groups in total. The molecule has 0 aromatic rings. The molecule has 0 heterocycles. The molecule has 0 aromatic heterocycles. The molecule has 0 aliphatic rings. The zero-order valence-electron chi connectivity index (χ0n) is 10.4. The standard InChI is InChI=1S/C8H20O4Si.Na.H/c1-3-5-6-8(4-2)7-12-13(9,10)11;;/h8-11H,3-7H2,1-2H3;;/q;+1;-1. The van der Waals surface area contributed by atoms with E-state index in [2.05, 4.69) is 11.3 Å². The Morgan fingerprint density at radius 1 is 1.29 bits per heavy atom. The first kappa shape index (κ1) is 17.5. The molecule has 0 saturated heterocycles. The van der Waals surface area contributed by atoms with Gasteiger partial charge in [0, 0.05) is 6.61 Å². The van der Waals surface area contributed by atoms with Crippen LogP contribution in [0.15, 0.2) is 0 Å². The van der Waals surface area contributed by atoms with Crippen molar-refractivity contribution in [3.8, 4) is 0 Å². The van der Waals surface area contributed by atoms with Crippen LogP contribution in [0.5, 0.6) is 0 Å². The second-order valence-corrected chi connectivity index (χ2v) is 4.74. The predicted molar refractivity (Wildman–Crippen MR) is 52.8 cm³/mol. The van der Waals surface area contributed by atoms with E-state index in [1.165, 1.54) is 0 Å². The number of hydrogen-bond acceptors (Lipinski definition) is 4. The van der Waals surface area contributed by atoms with Crippen LogP contribution >= 0.6 is 0 Å². The second kappa shape index (κ2) is 9.29. The molecular weight excluding hydrogens is 211 g/mol. The van der Waals surface area contributed by atoms with E-state index in [-0.39, 0.29) is 37.6 Å². The molecule has 0 aromatic carbocycles. The van der Waals surface area contributed by atoms with Crippen LogP contribution in [0.4, 0.5) is 0 Å². The summed E-state index contributed by atoms with van der Waals surface area (Å²) in [4.78, 5) is 25.8. The molecule has 1 atom stereocenters. The molecule has 0 aliphatic carbocycles. The summed E-state index contributed by atoms with van der Waals surface area (Å²) >= 11 is 0. The third-order valence-electron chi connectivity index (χ3n) is 2.06. The van der Waals surface area contributed by atoms with E-state index in [9.17, 15) is 0 Å². The molecule has 0 rings (SSSR count). The van der Waals surface area contributed by atoms with Crippen LogP contribution in [-0.2, 0) is 4.43 Å². The summed E-state index contributed by atoms with van der Waals surface area (Å²) in [7, 11) is -4.28. The molecule has 82 valence electrons. The Morgan fingerprint density at radius 3 is 2.21 bits per heavy atom. The third kappa shape index (κ3) is 11.1. The smallest absolute Gasteiger partial charge is 1.00 e. The van der Waals surface area contributed by atoms with Gasteiger partial charge in [-0.25, -0.2) is 0 Å².